The molecule has 152 valence electrons. The van der Waals surface area contributed by atoms with Gasteiger partial charge in [0.2, 0.25) is 5.91 Å². The molecule has 8 heteroatoms. The minimum Gasteiger partial charge on any atom is -0.465 e. The Morgan fingerprint density at radius 1 is 1.29 bits per heavy atom. The van der Waals surface area contributed by atoms with E-state index >= 15 is 0 Å². The molecular formula is C20H27N3O4S. The van der Waals surface area contributed by atoms with Gasteiger partial charge in [-0.3, -0.25) is 14.2 Å². The molecule has 1 atom stereocenters. The van der Waals surface area contributed by atoms with Gasteiger partial charge in [0, 0.05) is 12.6 Å². The molecule has 1 aromatic heterocycles. The number of methoxy groups -OCH3 is 1. The average molecular weight is 406 g/mol. The van der Waals surface area contributed by atoms with Crippen molar-refractivity contribution < 1.29 is 14.3 Å². The Balaban J connectivity index is 2.43. The van der Waals surface area contributed by atoms with E-state index in [0.717, 1.165) is 6.42 Å². The largest absolute Gasteiger partial charge is 0.465 e. The number of nitrogens with one attached hydrogen (secondary N) is 1. The Morgan fingerprint density at radius 3 is 2.61 bits per heavy atom. The SMILES string of the molecule is CC[C@@H](C)NC(=O)CSc1nc2cc(C(=O)OC)ccc2c(=O)n1CC(C)C. The second-order valence-corrected chi connectivity index (χ2v) is 8.04. The summed E-state index contributed by atoms with van der Waals surface area (Å²) in [4.78, 5) is 41.5. The molecule has 28 heavy (non-hydrogen) atoms. The van der Waals surface area contributed by atoms with Crippen LogP contribution in [0, 0.1) is 5.92 Å². The fourth-order valence-electron chi connectivity index (χ4n) is 2.63. The number of carbonyl (C=O) groups excluding carboxylic acids is 2. The molecule has 0 aliphatic rings. The number of ether oxygens (including phenoxy) is 1. The predicted molar refractivity (Wildman–Crippen MR) is 111 cm³/mol. The number of amides is 1. The van der Waals surface area contributed by atoms with Gasteiger partial charge >= 0.3 is 5.97 Å². The van der Waals surface area contributed by atoms with Gasteiger partial charge in [-0.2, -0.15) is 0 Å². The van der Waals surface area contributed by atoms with Crippen molar-refractivity contribution in [1.82, 2.24) is 14.9 Å². The molecule has 2 rings (SSSR count). The van der Waals surface area contributed by atoms with E-state index in [9.17, 15) is 14.4 Å². The van der Waals surface area contributed by atoms with Gasteiger partial charge in [0.1, 0.15) is 0 Å². The van der Waals surface area contributed by atoms with Gasteiger partial charge < -0.3 is 10.1 Å². The number of esters is 1. The summed E-state index contributed by atoms with van der Waals surface area (Å²) in [7, 11) is 1.30. The summed E-state index contributed by atoms with van der Waals surface area (Å²) in [6.07, 6.45) is 0.846. The summed E-state index contributed by atoms with van der Waals surface area (Å²) in [6.45, 7) is 8.47. The Labute approximate surface area is 168 Å². The van der Waals surface area contributed by atoms with Gasteiger partial charge in [-0.1, -0.05) is 32.5 Å². The highest BCUT2D eigenvalue weighted by Crippen LogP contribution is 2.20. The number of rotatable bonds is 8. The smallest absolute Gasteiger partial charge is 0.337 e. The third-order valence-corrected chi connectivity index (χ3v) is 5.22. The lowest BCUT2D eigenvalue weighted by Gasteiger charge is -2.16. The van der Waals surface area contributed by atoms with Crippen molar-refractivity contribution in [2.45, 2.75) is 51.9 Å². The number of carbonyl (C=O) groups is 2. The molecule has 0 fully saturated rings. The van der Waals surface area contributed by atoms with Gasteiger partial charge in [-0.15, -0.1) is 0 Å². The molecule has 1 amide bonds. The van der Waals surface area contributed by atoms with Gasteiger partial charge in [-0.25, -0.2) is 9.78 Å². The predicted octanol–water partition coefficient (Wildman–Crippen LogP) is 2.85. The Bertz CT molecular complexity index is 924. The van der Waals surface area contributed by atoms with Crippen LogP contribution in [0.2, 0.25) is 0 Å². The highest BCUT2D eigenvalue weighted by Gasteiger charge is 2.16. The Hall–Kier alpha value is -2.35. The first-order chi connectivity index (χ1) is 13.3. The lowest BCUT2D eigenvalue weighted by atomic mass is 10.1. The van der Waals surface area contributed by atoms with Crippen LogP contribution in [0.3, 0.4) is 0 Å². The first-order valence-corrected chi connectivity index (χ1v) is 10.3. The third-order valence-electron chi connectivity index (χ3n) is 4.24. The number of nitrogens with zero attached hydrogens (tertiary/aromatic N) is 2. The van der Waals surface area contributed by atoms with Crippen molar-refractivity contribution in [3.05, 3.63) is 34.1 Å². The average Bonchev–Trinajstić information content (AvgIpc) is 2.67. The van der Waals surface area contributed by atoms with Crippen molar-refractivity contribution in [3.8, 4) is 0 Å². The maximum absolute atomic E-state index is 13.0. The fraction of sp³-hybridized carbons (Fsp3) is 0.500. The lowest BCUT2D eigenvalue weighted by molar-refractivity contribution is -0.119. The molecule has 0 saturated heterocycles. The molecule has 1 heterocycles. The van der Waals surface area contributed by atoms with Gasteiger partial charge in [-0.05, 0) is 37.5 Å². The monoisotopic (exact) mass is 405 g/mol. The second-order valence-electron chi connectivity index (χ2n) is 7.09. The minimum atomic E-state index is -0.489. The standard InChI is InChI=1S/C20H27N3O4S/c1-6-13(4)21-17(24)11-28-20-22-16-9-14(19(26)27-5)7-8-15(16)18(25)23(20)10-12(2)3/h7-9,12-13H,6,10-11H2,1-5H3,(H,21,24)/t13-/m1/s1. The summed E-state index contributed by atoms with van der Waals surface area (Å²) in [5.41, 5.74) is 0.562. The zero-order chi connectivity index (χ0) is 20.8. The molecule has 0 aliphatic heterocycles. The van der Waals surface area contributed by atoms with Crippen LogP contribution in [0.1, 0.15) is 44.5 Å². The van der Waals surface area contributed by atoms with Crippen molar-refractivity contribution in [2.24, 2.45) is 5.92 Å². The van der Waals surface area contributed by atoms with Crippen LogP contribution in [0.5, 0.6) is 0 Å². The number of benzene rings is 1. The maximum atomic E-state index is 13.0. The van der Waals surface area contributed by atoms with Crippen molar-refractivity contribution in [1.29, 1.82) is 0 Å². The van der Waals surface area contributed by atoms with Crippen molar-refractivity contribution >= 4 is 34.5 Å². The number of hydrogen-bond acceptors (Lipinski definition) is 6. The number of thioether (sulfide) groups is 1. The summed E-state index contributed by atoms with van der Waals surface area (Å²) in [5.74, 6) is -0.193. The van der Waals surface area contributed by atoms with E-state index in [2.05, 4.69) is 10.3 Å². The molecule has 0 bridgehead atoms. The maximum Gasteiger partial charge on any atom is 0.337 e. The molecular weight excluding hydrogens is 378 g/mol. The van der Waals surface area contributed by atoms with Gasteiger partial charge in [0.15, 0.2) is 5.16 Å². The zero-order valence-electron chi connectivity index (χ0n) is 16.9. The van der Waals surface area contributed by atoms with Crippen molar-refractivity contribution in [3.63, 3.8) is 0 Å². The highest BCUT2D eigenvalue weighted by atomic mass is 32.2. The summed E-state index contributed by atoms with van der Waals surface area (Å²) in [6, 6.07) is 4.80. The van der Waals surface area contributed by atoms with Gasteiger partial charge in [0.25, 0.3) is 5.56 Å². The van der Waals surface area contributed by atoms with E-state index in [4.69, 9.17) is 4.74 Å². The van der Waals surface area contributed by atoms with E-state index in [-0.39, 0.29) is 29.2 Å². The second kappa shape index (κ2) is 9.73. The van der Waals surface area contributed by atoms with Crippen LogP contribution in [0.25, 0.3) is 10.9 Å². The quantitative estimate of drug-likeness (QED) is 0.413. The molecule has 0 radical (unpaired) electrons. The number of fused-ring (bicyclic) bond motifs is 1. The van der Waals surface area contributed by atoms with E-state index < -0.39 is 5.97 Å². The molecule has 1 N–H and O–H groups in total. The van der Waals surface area contributed by atoms with Crippen LogP contribution in [-0.4, -0.2) is 40.3 Å². The molecule has 2 aromatic rings. The Morgan fingerprint density at radius 2 is 2.00 bits per heavy atom. The molecule has 1 aromatic carbocycles. The molecule has 0 aliphatic carbocycles. The van der Waals surface area contributed by atoms with Crippen LogP contribution in [-0.2, 0) is 16.1 Å². The normalized spacial score (nSPS) is 12.2. The van der Waals surface area contributed by atoms with E-state index in [0.29, 0.717) is 28.2 Å². The van der Waals surface area contributed by atoms with Crippen LogP contribution in [0.15, 0.2) is 28.2 Å². The van der Waals surface area contributed by atoms with E-state index in [1.54, 1.807) is 22.8 Å². The summed E-state index contributed by atoms with van der Waals surface area (Å²) < 4.78 is 6.34. The van der Waals surface area contributed by atoms with Crippen LogP contribution < -0.4 is 10.9 Å². The summed E-state index contributed by atoms with van der Waals surface area (Å²) >= 11 is 1.22. The van der Waals surface area contributed by atoms with E-state index in [1.165, 1.54) is 18.9 Å². The molecule has 7 nitrogen and oxygen atoms in total. The third kappa shape index (κ3) is 5.34. The molecule has 0 spiro atoms. The Kier molecular flexibility index (Phi) is 7.62. The minimum absolute atomic E-state index is 0.0955. The van der Waals surface area contributed by atoms with E-state index in [1.807, 2.05) is 27.7 Å². The van der Waals surface area contributed by atoms with Crippen molar-refractivity contribution in [2.75, 3.05) is 12.9 Å². The van der Waals surface area contributed by atoms with Gasteiger partial charge in [0.05, 0.1) is 29.3 Å². The summed E-state index contributed by atoms with van der Waals surface area (Å²) in [5, 5.41) is 3.80. The lowest BCUT2D eigenvalue weighted by Crippen LogP contribution is -2.33. The first kappa shape index (κ1) is 21.9. The fourth-order valence-corrected chi connectivity index (χ4v) is 3.45. The number of aromatic nitrogens is 2. The first-order valence-electron chi connectivity index (χ1n) is 9.31. The zero-order valence-corrected chi connectivity index (χ0v) is 17.8. The van der Waals surface area contributed by atoms with Crippen LogP contribution >= 0.6 is 11.8 Å². The topological polar surface area (TPSA) is 90.3 Å². The number of hydrogen-bond donors (Lipinski definition) is 1. The molecule has 0 unspecified atom stereocenters. The highest BCUT2D eigenvalue weighted by molar-refractivity contribution is 7.99. The van der Waals surface area contributed by atoms with Crippen LogP contribution in [0.4, 0.5) is 0 Å². The molecule has 0 saturated carbocycles.